The van der Waals surface area contributed by atoms with Crippen LogP contribution in [0.15, 0.2) is 52.3 Å². The number of rotatable bonds is 7. The number of sulfone groups is 1. The van der Waals surface area contributed by atoms with Crippen LogP contribution in [0.5, 0.6) is 0 Å². The van der Waals surface area contributed by atoms with Crippen molar-refractivity contribution < 1.29 is 22.4 Å². The van der Waals surface area contributed by atoms with Crippen molar-refractivity contribution in [3.8, 4) is 0 Å². The van der Waals surface area contributed by atoms with Gasteiger partial charge in [0.25, 0.3) is 0 Å². The first-order valence-electron chi connectivity index (χ1n) is 7.79. The fourth-order valence-electron chi connectivity index (χ4n) is 2.09. The van der Waals surface area contributed by atoms with Crippen molar-refractivity contribution in [2.45, 2.75) is 23.6 Å². The van der Waals surface area contributed by atoms with E-state index in [2.05, 4.69) is 5.32 Å². The van der Waals surface area contributed by atoms with Crippen molar-refractivity contribution >= 4 is 39.0 Å². The molecule has 5 nitrogen and oxygen atoms in total. The van der Waals surface area contributed by atoms with E-state index in [1.54, 1.807) is 6.92 Å². The standard InChI is InChI=1S/C18H18FNO4S2/c1-3-26(23,24)15-7-5-14(6-8-15)20-18(22)11-25-17-9-4-13(12(2)21)10-16(17)19/h4-10H,3,11H2,1-2H3,(H,20,22). The van der Waals surface area contributed by atoms with Gasteiger partial charge in [0.2, 0.25) is 5.91 Å². The Hall–Kier alpha value is -2.19. The maximum atomic E-state index is 13.9. The second-order valence-electron chi connectivity index (χ2n) is 5.47. The number of anilines is 1. The van der Waals surface area contributed by atoms with Crippen LogP contribution in [0.3, 0.4) is 0 Å². The summed E-state index contributed by atoms with van der Waals surface area (Å²) in [6.07, 6.45) is 0. The molecular weight excluding hydrogens is 377 g/mol. The highest BCUT2D eigenvalue weighted by molar-refractivity contribution is 8.00. The quantitative estimate of drug-likeness (QED) is 0.573. The van der Waals surface area contributed by atoms with Crippen molar-refractivity contribution in [2.24, 2.45) is 0 Å². The minimum atomic E-state index is -3.29. The van der Waals surface area contributed by atoms with E-state index in [0.29, 0.717) is 5.69 Å². The van der Waals surface area contributed by atoms with Gasteiger partial charge in [-0.25, -0.2) is 12.8 Å². The highest BCUT2D eigenvalue weighted by Gasteiger charge is 2.12. The molecule has 0 saturated carbocycles. The first kappa shape index (κ1) is 20.1. The van der Waals surface area contributed by atoms with Crippen LogP contribution in [0.1, 0.15) is 24.2 Å². The van der Waals surface area contributed by atoms with E-state index in [-0.39, 0.29) is 38.6 Å². The lowest BCUT2D eigenvalue weighted by molar-refractivity contribution is -0.113. The van der Waals surface area contributed by atoms with Gasteiger partial charge in [-0.2, -0.15) is 0 Å². The van der Waals surface area contributed by atoms with Crippen molar-refractivity contribution in [1.29, 1.82) is 0 Å². The molecule has 0 aliphatic rings. The number of halogens is 1. The topological polar surface area (TPSA) is 80.3 Å². The molecule has 26 heavy (non-hydrogen) atoms. The van der Waals surface area contributed by atoms with E-state index in [4.69, 9.17) is 0 Å². The van der Waals surface area contributed by atoms with Crippen LogP contribution in [0.2, 0.25) is 0 Å². The summed E-state index contributed by atoms with van der Waals surface area (Å²) in [7, 11) is -3.29. The number of amides is 1. The summed E-state index contributed by atoms with van der Waals surface area (Å²) in [6, 6.07) is 10.0. The molecule has 2 aromatic rings. The third-order valence-corrected chi connectivity index (χ3v) is 6.37. The second kappa shape index (κ2) is 8.46. The zero-order chi connectivity index (χ0) is 19.3. The number of hydrogen-bond acceptors (Lipinski definition) is 5. The Morgan fingerprint density at radius 3 is 2.31 bits per heavy atom. The van der Waals surface area contributed by atoms with Crippen molar-refractivity contribution in [1.82, 2.24) is 0 Å². The zero-order valence-electron chi connectivity index (χ0n) is 14.3. The molecule has 0 aliphatic carbocycles. The van der Waals surface area contributed by atoms with E-state index in [1.807, 2.05) is 0 Å². The van der Waals surface area contributed by atoms with Crippen LogP contribution in [-0.2, 0) is 14.6 Å². The Balaban J connectivity index is 1.96. The summed E-state index contributed by atoms with van der Waals surface area (Å²) < 4.78 is 37.4. The van der Waals surface area contributed by atoms with Crippen LogP contribution in [0, 0.1) is 5.82 Å². The van der Waals surface area contributed by atoms with Gasteiger partial charge in [0.15, 0.2) is 15.6 Å². The molecule has 138 valence electrons. The molecule has 0 heterocycles. The summed E-state index contributed by atoms with van der Waals surface area (Å²) in [5, 5.41) is 2.63. The van der Waals surface area contributed by atoms with Gasteiger partial charge in [-0.1, -0.05) is 13.0 Å². The number of ketones is 1. The summed E-state index contributed by atoms with van der Waals surface area (Å²) in [4.78, 5) is 23.7. The molecule has 0 fully saturated rings. The Labute approximate surface area is 155 Å². The van der Waals surface area contributed by atoms with E-state index in [9.17, 15) is 22.4 Å². The van der Waals surface area contributed by atoms with Gasteiger partial charge in [-0.3, -0.25) is 9.59 Å². The van der Waals surface area contributed by atoms with Crippen molar-refractivity contribution in [3.05, 3.63) is 53.8 Å². The van der Waals surface area contributed by atoms with E-state index in [1.165, 1.54) is 43.3 Å². The number of hydrogen-bond donors (Lipinski definition) is 1. The third-order valence-electron chi connectivity index (χ3n) is 3.57. The predicted octanol–water partition coefficient (Wildman–Crippen LogP) is 3.55. The van der Waals surface area contributed by atoms with Crippen LogP contribution in [0.4, 0.5) is 10.1 Å². The molecule has 1 amide bonds. The van der Waals surface area contributed by atoms with Crippen LogP contribution in [0.25, 0.3) is 0 Å². The molecular formula is C18H18FNO4S2. The van der Waals surface area contributed by atoms with Crippen molar-refractivity contribution in [2.75, 3.05) is 16.8 Å². The minimum Gasteiger partial charge on any atom is -0.325 e. The molecule has 8 heteroatoms. The first-order valence-corrected chi connectivity index (χ1v) is 10.4. The summed E-state index contributed by atoms with van der Waals surface area (Å²) in [6.45, 7) is 2.91. The molecule has 2 aromatic carbocycles. The Kier molecular flexibility index (Phi) is 6.55. The molecule has 0 saturated heterocycles. The average Bonchev–Trinajstić information content (AvgIpc) is 2.61. The van der Waals surface area contributed by atoms with E-state index >= 15 is 0 Å². The predicted molar refractivity (Wildman–Crippen MR) is 99.9 cm³/mol. The third kappa shape index (κ3) is 5.15. The van der Waals surface area contributed by atoms with Gasteiger partial charge in [0.1, 0.15) is 5.82 Å². The lowest BCUT2D eigenvalue weighted by atomic mass is 10.1. The van der Waals surface area contributed by atoms with Crippen LogP contribution >= 0.6 is 11.8 Å². The summed E-state index contributed by atoms with van der Waals surface area (Å²) in [5.74, 6) is -1.15. The molecule has 0 radical (unpaired) electrons. The fourth-order valence-corrected chi connectivity index (χ4v) is 3.69. The molecule has 0 aromatic heterocycles. The maximum absolute atomic E-state index is 13.9. The largest absolute Gasteiger partial charge is 0.325 e. The lowest BCUT2D eigenvalue weighted by Gasteiger charge is -2.07. The first-order chi connectivity index (χ1) is 12.2. The summed E-state index contributed by atoms with van der Waals surface area (Å²) in [5.41, 5.74) is 0.733. The Bertz CT molecular complexity index is 925. The number of benzene rings is 2. The SMILES string of the molecule is CCS(=O)(=O)c1ccc(NC(=O)CSc2ccc(C(C)=O)cc2F)cc1. The number of nitrogens with one attached hydrogen (secondary N) is 1. The van der Waals surface area contributed by atoms with Gasteiger partial charge in [-0.15, -0.1) is 11.8 Å². The molecule has 0 spiro atoms. The van der Waals surface area contributed by atoms with Crippen molar-refractivity contribution in [3.63, 3.8) is 0 Å². The second-order valence-corrected chi connectivity index (χ2v) is 8.76. The molecule has 1 N–H and O–H groups in total. The smallest absolute Gasteiger partial charge is 0.234 e. The summed E-state index contributed by atoms with van der Waals surface area (Å²) >= 11 is 1.01. The number of carbonyl (C=O) groups excluding carboxylic acids is 2. The molecule has 0 unspecified atom stereocenters. The van der Waals surface area contributed by atoms with Crippen LogP contribution < -0.4 is 5.32 Å². The fraction of sp³-hybridized carbons (Fsp3) is 0.222. The molecule has 0 bridgehead atoms. The zero-order valence-corrected chi connectivity index (χ0v) is 15.9. The average molecular weight is 395 g/mol. The monoisotopic (exact) mass is 395 g/mol. The Morgan fingerprint density at radius 1 is 1.12 bits per heavy atom. The van der Waals surface area contributed by atoms with Gasteiger partial charge >= 0.3 is 0 Å². The maximum Gasteiger partial charge on any atom is 0.234 e. The van der Waals surface area contributed by atoms with Gasteiger partial charge < -0.3 is 5.32 Å². The molecule has 2 rings (SSSR count). The van der Waals surface area contributed by atoms with Gasteiger partial charge in [0.05, 0.1) is 16.4 Å². The normalized spacial score (nSPS) is 11.2. The Morgan fingerprint density at radius 2 is 1.77 bits per heavy atom. The number of thioether (sulfide) groups is 1. The molecule has 0 aliphatic heterocycles. The lowest BCUT2D eigenvalue weighted by Crippen LogP contribution is -2.14. The molecule has 0 atom stereocenters. The highest BCUT2D eigenvalue weighted by atomic mass is 32.2. The van der Waals surface area contributed by atoms with Gasteiger partial charge in [-0.05, 0) is 43.3 Å². The van der Waals surface area contributed by atoms with Gasteiger partial charge in [0, 0.05) is 16.1 Å². The van der Waals surface area contributed by atoms with E-state index < -0.39 is 15.7 Å². The number of carbonyl (C=O) groups is 2. The van der Waals surface area contributed by atoms with E-state index in [0.717, 1.165) is 17.8 Å². The van der Waals surface area contributed by atoms with Crippen LogP contribution in [-0.4, -0.2) is 31.6 Å². The number of Topliss-reactive ketones (excluding diaryl/α,β-unsaturated/α-hetero) is 1. The minimum absolute atomic E-state index is 0.00330. The highest BCUT2D eigenvalue weighted by Crippen LogP contribution is 2.23.